The molecule has 0 aliphatic carbocycles. The van der Waals surface area contributed by atoms with Gasteiger partial charge in [0, 0.05) is 6.42 Å². The van der Waals surface area contributed by atoms with Crippen LogP contribution in [0.1, 0.15) is 43.4 Å². The van der Waals surface area contributed by atoms with E-state index in [0.29, 0.717) is 30.8 Å². The molecule has 1 atom stereocenters. The molecule has 1 aliphatic heterocycles. The fourth-order valence-corrected chi connectivity index (χ4v) is 3.99. The maximum atomic E-state index is 12.0. The molecule has 2 N–H and O–H groups in total. The Morgan fingerprint density at radius 2 is 2.08 bits per heavy atom. The van der Waals surface area contributed by atoms with Gasteiger partial charge in [0.15, 0.2) is 15.9 Å². The summed E-state index contributed by atoms with van der Waals surface area (Å²) in [6.45, 7) is 2.50. The summed E-state index contributed by atoms with van der Waals surface area (Å²) >= 11 is 0. The summed E-state index contributed by atoms with van der Waals surface area (Å²) in [5.74, 6) is -2.11. The Morgan fingerprint density at radius 1 is 1.32 bits per heavy atom. The van der Waals surface area contributed by atoms with Crippen molar-refractivity contribution in [3.8, 4) is 5.75 Å². The van der Waals surface area contributed by atoms with Crippen molar-refractivity contribution < 1.29 is 27.9 Å². The van der Waals surface area contributed by atoms with E-state index in [-0.39, 0.29) is 5.75 Å². The number of carbonyl (C=O) groups excluding carboxylic acids is 1. The zero-order chi connectivity index (χ0) is 18.4. The number of benzene rings is 1. The Balaban J connectivity index is 2.04. The first-order chi connectivity index (χ1) is 11.8. The highest BCUT2D eigenvalue weighted by atomic mass is 32.2. The van der Waals surface area contributed by atoms with E-state index in [1.807, 2.05) is 6.92 Å². The number of rotatable bonds is 9. The summed E-state index contributed by atoms with van der Waals surface area (Å²) in [6, 6.07) is 3.63. The number of sulfone groups is 1. The van der Waals surface area contributed by atoms with Crippen molar-refractivity contribution in [2.75, 3.05) is 18.1 Å². The molecule has 1 heterocycles. The minimum atomic E-state index is -3.54. The summed E-state index contributed by atoms with van der Waals surface area (Å²) < 4.78 is 29.2. The standard InChI is InChI=1S/C17H23NO6S/c1-2-3-4-9-25(22,23)11-15(19)18-16(17(20)21)13-5-6-14-12(10-13)7-8-24-14/h5-6,10,16H,2-4,7-9,11H2,1H3,(H,18,19)(H,20,21). The molecule has 138 valence electrons. The summed E-state index contributed by atoms with van der Waals surface area (Å²) in [7, 11) is -3.54. The SMILES string of the molecule is CCCCCS(=O)(=O)CC(=O)NC(C(=O)O)c1ccc2c(c1)CCO2. The van der Waals surface area contributed by atoms with Crippen LogP contribution in [-0.4, -0.2) is 43.5 Å². The van der Waals surface area contributed by atoms with Crippen LogP contribution in [0.15, 0.2) is 18.2 Å². The number of carbonyl (C=O) groups is 2. The number of ether oxygens (including phenoxy) is 1. The van der Waals surface area contributed by atoms with E-state index in [1.165, 1.54) is 0 Å². The summed E-state index contributed by atoms with van der Waals surface area (Å²) in [4.78, 5) is 23.6. The van der Waals surface area contributed by atoms with Crippen molar-refractivity contribution in [3.63, 3.8) is 0 Å². The van der Waals surface area contributed by atoms with Crippen molar-refractivity contribution in [3.05, 3.63) is 29.3 Å². The molecule has 1 aromatic rings. The first-order valence-electron chi connectivity index (χ1n) is 8.30. The smallest absolute Gasteiger partial charge is 0.330 e. The molecule has 0 bridgehead atoms. The highest BCUT2D eigenvalue weighted by Gasteiger charge is 2.26. The maximum Gasteiger partial charge on any atom is 0.330 e. The number of aliphatic carboxylic acids is 1. The lowest BCUT2D eigenvalue weighted by molar-refractivity contribution is -0.141. The van der Waals surface area contributed by atoms with Crippen molar-refractivity contribution in [2.45, 2.75) is 38.6 Å². The lowest BCUT2D eigenvalue weighted by atomic mass is 10.0. The molecule has 0 aromatic heterocycles. The third kappa shape index (κ3) is 5.45. The van der Waals surface area contributed by atoms with Gasteiger partial charge in [-0.05, 0) is 29.7 Å². The fourth-order valence-electron chi connectivity index (χ4n) is 2.72. The fraction of sp³-hybridized carbons (Fsp3) is 0.529. The topological polar surface area (TPSA) is 110 Å². The van der Waals surface area contributed by atoms with Crippen LogP contribution >= 0.6 is 0 Å². The molecular formula is C17H23NO6S. The van der Waals surface area contributed by atoms with Crippen molar-refractivity contribution in [1.29, 1.82) is 0 Å². The molecule has 7 nitrogen and oxygen atoms in total. The van der Waals surface area contributed by atoms with Crippen LogP contribution in [0.3, 0.4) is 0 Å². The molecule has 8 heteroatoms. The lowest BCUT2D eigenvalue weighted by Gasteiger charge is -2.16. The molecule has 0 saturated carbocycles. The predicted molar refractivity (Wildman–Crippen MR) is 92.3 cm³/mol. The second-order valence-electron chi connectivity index (χ2n) is 6.10. The van der Waals surface area contributed by atoms with E-state index in [0.717, 1.165) is 18.4 Å². The molecule has 0 spiro atoms. The minimum absolute atomic E-state index is 0.0673. The number of carboxylic acid groups (broad SMARTS) is 1. The van der Waals surface area contributed by atoms with E-state index in [4.69, 9.17) is 4.74 Å². The van der Waals surface area contributed by atoms with Crippen LogP contribution < -0.4 is 10.1 Å². The third-order valence-electron chi connectivity index (χ3n) is 4.01. The van der Waals surface area contributed by atoms with Crippen LogP contribution in [0.4, 0.5) is 0 Å². The van der Waals surface area contributed by atoms with Gasteiger partial charge in [-0.1, -0.05) is 25.8 Å². The molecule has 0 radical (unpaired) electrons. The molecule has 1 aliphatic rings. The number of nitrogens with one attached hydrogen (secondary N) is 1. The zero-order valence-electron chi connectivity index (χ0n) is 14.2. The Labute approximate surface area is 147 Å². The number of unbranched alkanes of at least 4 members (excludes halogenated alkanes) is 2. The average Bonchev–Trinajstić information content (AvgIpc) is 2.99. The second kappa shape index (κ2) is 8.33. The summed E-state index contributed by atoms with van der Waals surface area (Å²) in [5.41, 5.74) is 1.28. The van der Waals surface area contributed by atoms with Crippen LogP contribution in [-0.2, 0) is 25.8 Å². The van der Waals surface area contributed by atoms with E-state index in [2.05, 4.69) is 5.32 Å². The predicted octanol–water partition coefficient (Wildman–Crippen LogP) is 1.47. The van der Waals surface area contributed by atoms with Gasteiger partial charge >= 0.3 is 5.97 Å². The van der Waals surface area contributed by atoms with Crippen LogP contribution in [0, 0.1) is 0 Å². The van der Waals surface area contributed by atoms with Gasteiger partial charge in [-0.2, -0.15) is 0 Å². The van der Waals surface area contributed by atoms with Gasteiger partial charge in [0.05, 0.1) is 12.4 Å². The van der Waals surface area contributed by atoms with E-state index in [9.17, 15) is 23.1 Å². The van der Waals surface area contributed by atoms with Gasteiger partial charge in [-0.15, -0.1) is 0 Å². The van der Waals surface area contributed by atoms with E-state index < -0.39 is 33.5 Å². The Bertz CT molecular complexity index is 744. The molecule has 0 saturated heterocycles. The van der Waals surface area contributed by atoms with Crippen LogP contribution in [0.2, 0.25) is 0 Å². The molecule has 25 heavy (non-hydrogen) atoms. The van der Waals surface area contributed by atoms with Gasteiger partial charge in [-0.3, -0.25) is 4.79 Å². The van der Waals surface area contributed by atoms with Crippen molar-refractivity contribution >= 4 is 21.7 Å². The summed E-state index contributed by atoms with van der Waals surface area (Å²) in [5, 5.41) is 11.7. The molecule has 2 rings (SSSR count). The average molecular weight is 369 g/mol. The quantitative estimate of drug-likeness (QED) is 0.638. The van der Waals surface area contributed by atoms with Crippen molar-refractivity contribution in [2.24, 2.45) is 0 Å². The van der Waals surface area contributed by atoms with Crippen LogP contribution in [0.5, 0.6) is 5.75 Å². The third-order valence-corrected chi connectivity index (χ3v) is 5.62. The Morgan fingerprint density at radius 3 is 2.76 bits per heavy atom. The molecule has 1 amide bonds. The first kappa shape index (κ1) is 19.2. The number of carboxylic acids is 1. The highest BCUT2D eigenvalue weighted by molar-refractivity contribution is 7.92. The van der Waals surface area contributed by atoms with Gasteiger partial charge < -0.3 is 15.2 Å². The monoisotopic (exact) mass is 369 g/mol. The number of hydrogen-bond acceptors (Lipinski definition) is 5. The lowest BCUT2D eigenvalue weighted by Crippen LogP contribution is -2.37. The number of amides is 1. The van der Waals surface area contributed by atoms with Gasteiger partial charge in [0.1, 0.15) is 11.5 Å². The van der Waals surface area contributed by atoms with E-state index in [1.54, 1.807) is 18.2 Å². The minimum Gasteiger partial charge on any atom is -0.493 e. The normalized spacial score (nSPS) is 14.4. The van der Waals surface area contributed by atoms with Crippen LogP contribution in [0.25, 0.3) is 0 Å². The number of hydrogen-bond donors (Lipinski definition) is 2. The molecule has 1 unspecified atom stereocenters. The molecule has 0 fully saturated rings. The number of fused-ring (bicyclic) bond motifs is 1. The zero-order valence-corrected chi connectivity index (χ0v) is 15.0. The summed E-state index contributed by atoms with van der Waals surface area (Å²) in [6.07, 6.45) is 2.83. The second-order valence-corrected chi connectivity index (χ2v) is 8.29. The maximum absolute atomic E-state index is 12.0. The van der Waals surface area contributed by atoms with E-state index >= 15 is 0 Å². The van der Waals surface area contributed by atoms with Crippen molar-refractivity contribution in [1.82, 2.24) is 5.32 Å². The Kier molecular flexibility index (Phi) is 6.41. The molecular weight excluding hydrogens is 346 g/mol. The highest BCUT2D eigenvalue weighted by Crippen LogP contribution is 2.28. The molecule has 1 aromatic carbocycles. The Hall–Kier alpha value is -2.09. The first-order valence-corrected chi connectivity index (χ1v) is 10.1. The van der Waals surface area contributed by atoms with Gasteiger partial charge in [0.25, 0.3) is 0 Å². The van der Waals surface area contributed by atoms with Gasteiger partial charge in [0.2, 0.25) is 5.91 Å². The largest absolute Gasteiger partial charge is 0.493 e. The van der Waals surface area contributed by atoms with Gasteiger partial charge in [-0.25, -0.2) is 13.2 Å².